The van der Waals surface area contributed by atoms with Gasteiger partial charge in [0.1, 0.15) is 0 Å². The number of carboxylic acid groups (broad SMARTS) is 1. The van der Waals surface area contributed by atoms with E-state index >= 15 is 0 Å². The Kier molecular flexibility index (Phi) is 15.6. The van der Waals surface area contributed by atoms with E-state index in [9.17, 15) is 4.79 Å². The molecule has 0 atom stereocenters. The molecule has 0 saturated carbocycles. The molecule has 2 heteroatoms. The van der Waals surface area contributed by atoms with Crippen molar-refractivity contribution in [3.8, 4) is 0 Å². The maximum Gasteiger partial charge on any atom is 0.303 e. The van der Waals surface area contributed by atoms with Crippen LogP contribution in [0.15, 0.2) is 12.7 Å². The molecule has 0 saturated heterocycles. The lowest BCUT2D eigenvalue weighted by Gasteiger charge is -2.02. The number of rotatable bonds is 16. The molecule has 20 heavy (non-hydrogen) atoms. The average molecular weight is 282 g/mol. The standard InChI is InChI=1S/C18H34O2/c1-2-3-4-5-6-7-8-9-10-11-12-13-14-15-16-17-18(19)20/h2H,1,3-17H2,(H,19,20). The van der Waals surface area contributed by atoms with Gasteiger partial charge in [0.2, 0.25) is 0 Å². The van der Waals surface area contributed by atoms with Gasteiger partial charge in [-0.15, -0.1) is 6.58 Å². The second-order valence-corrected chi connectivity index (χ2v) is 5.82. The van der Waals surface area contributed by atoms with Crippen molar-refractivity contribution in [3.63, 3.8) is 0 Å². The quantitative estimate of drug-likeness (QED) is 0.274. The van der Waals surface area contributed by atoms with Crippen LogP contribution in [0.25, 0.3) is 0 Å². The summed E-state index contributed by atoms with van der Waals surface area (Å²) < 4.78 is 0. The SMILES string of the molecule is C=CCCCCCCCCCCCCCCCC(=O)O. The Labute approximate surface area is 125 Å². The lowest BCUT2D eigenvalue weighted by atomic mass is 10.0. The van der Waals surface area contributed by atoms with Crippen LogP contribution in [-0.2, 0) is 4.79 Å². The van der Waals surface area contributed by atoms with E-state index < -0.39 is 5.97 Å². The lowest BCUT2D eigenvalue weighted by Crippen LogP contribution is -1.93. The van der Waals surface area contributed by atoms with Crippen molar-refractivity contribution in [2.75, 3.05) is 0 Å². The molecule has 0 aliphatic rings. The maximum absolute atomic E-state index is 10.3. The second-order valence-electron chi connectivity index (χ2n) is 5.82. The minimum absolute atomic E-state index is 0.340. The summed E-state index contributed by atoms with van der Waals surface area (Å²) in [5, 5.41) is 8.51. The Balaban J connectivity index is 2.95. The number of carboxylic acids is 1. The van der Waals surface area contributed by atoms with Gasteiger partial charge in [0.25, 0.3) is 0 Å². The normalized spacial score (nSPS) is 10.6. The highest BCUT2D eigenvalue weighted by Gasteiger charge is 1.96. The van der Waals surface area contributed by atoms with Crippen LogP contribution in [0.4, 0.5) is 0 Å². The summed E-state index contributed by atoms with van der Waals surface area (Å²) in [4.78, 5) is 10.3. The van der Waals surface area contributed by atoms with E-state index in [1.165, 1.54) is 77.0 Å². The number of aliphatic carboxylic acids is 1. The first-order valence-electron chi connectivity index (χ1n) is 8.60. The highest BCUT2D eigenvalue weighted by Crippen LogP contribution is 2.13. The minimum atomic E-state index is -0.658. The summed E-state index contributed by atoms with van der Waals surface area (Å²) in [6.07, 6.45) is 20.2. The molecule has 2 nitrogen and oxygen atoms in total. The molecule has 1 N–H and O–H groups in total. The molecular formula is C18H34O2. The maximum atomic E-state index is 10.3. The van der Waals surface area contributed by atoms with Crippen molar-refractivity contribution < 1.29 is 9.90 Å². The Morgan fingerprint density at radius 1 is 0.700 bits per heavy atom. The van der Waals surface area contributed by atoms with Crippen LogP contribution in [-0.4, -0.2) is 11.1 Å². The van der Waals surface area contributed by atoms with Crippen LogP contribution in [0.3, 0.4) is 0 Å². The molecule has 0 bridgehead atoms. The fraction of sp³-hybridized carbons (Fsp3) is 0.833. The third-order valence-corrected chi connectivity index (χ3v) is 3.80. The summed E-state index contributed by atoms with van der Waals surface area (Å²) in [5.74, 6) is -0.658. The zero-order valence-corrected chi connectivity index (χ0v) is 13.2. The molecule has 118 valence electrons. The van der Waals surface area contributed by atoms with E-state index in [1.807, 2.05) is 6.08 Å². The summed E-state index contributed by atoms with van der Waals surface area (Å²) in [5.41, 5.74) is 0. The Hall–Kier alpha value is -0.790. The molecule has 0 radical (unpaired) electrons. The summed E-state index contributed by atoms with van der Waals surface area (Å²) >= 11 is 0. The molecule has 0 aromatic carbocycles. The number of hydrogen-bond donors (Lipinski definition) is 1. The van der Waals surface area contributed by atoms with Gasteiger partial charge in [-0.2, -0.15) is 0 Å². The van der Waals surface area contributed by atoms with Gasteiger partial charge in [0.05, 0.1) is 0 Å². The van der Waals surface area contributed by atoms with E-state index in [0.717, 1.165) is 12.8 Å². The van der Waals surface area contributed by atoms with Crippen LogP contribution in [0.2, 0.25) is 0 Å². The Bertz CT molecular complexity index is 223. The van der Waals surface area contributed by atoms with Gasteiger partial charge < -0.3 is 5.11 Å². The number of carbonyl (C=O) groups is 1. The first-order chi connectivity index (χ1) is 9.77. The predicted octanol–water partition coefficient (Wildman–Crippen LogP) is 6.11. The van der Waals surface area contributed by atoms with E-state index in [0.29, 0.717) is 6.42 Å². The molecule has 0 rings (SSSR count). The van der Waals surface area contributed by atoms with Crippen LogP contribution in [0.5, 0.6) is 0 Å². The second kappa shape index (κ2) is 16.3. The minimum Gasteiger partial charge on any atom is -0.481 e. The van der Waals surface area contributed by atoms with Crippen molar-refractivity contribution in [3.05, 3.63) is 12.7 Å². The average Bonchev–Trinajstić information content (AvgIpc) is 2.43. The lowest BCUT2D eigenvalue weighted by molar-refractivity contribution is -0.137. The molecule has 0 heterocycles. The van der Waals surface area contributed by atoms with Crippen molar-refractivity contribution in [1.82, 2.24) is 0 Å². The molecule has 0 fully saturated rings. The molecule has 0 aliphatic heterocycles. The summed E-state index contributed by atoms with van der Waals surface area (Å²) in [6, 6.07) is 0. The number of hydrogen-bond acceptors (Lipinski definition) is 1. The molecule has 0 amide bonds. The van der Waals surface area contributed by atoms with Crippen molar-refractivity contribution in [1.29, 1.82) is 0 Å². The van der Waals surface area contributed by atoms with Gasteiger partial charge in [-0.05, 0) is 19.3 Å². The topological polar surface area (TPSA) is 37.3 Å². The van der Waals surface area contributed by atoms with Crippen molar-refractivity contribution in [2.45, 2.75) is 96.3 Å². The van der Waals surface area contributed by atoms with Crippen LogP contribution >= 0.6 is 0 Å². The fourth-order valence-corrected chi connectivity index (χ4v) is 2.51. The first kappa shape index (κ1) is 19.2. The summed E-state index contributed by atoms with van der Waals surface area (Å²) in [7, 11) is 0. The monoisotopic (exact) mass is 282 g/mol. The molecular weight excluding hydrogens is 248 g/mol. The van der Waals surface area contributed by atoms with E-state index in [2.05, 4.69) is 6.58 Å². The zero-order valence-electron chi connectivity index (χ0n) is 13.2. The van der Waals surface area contributed by atoms with Gasteiger partial charge in [0, 0.05) is 6.42 Å². The van der Waals surface area contributed by atoms with Gasteiger partial charge in [-0.3, -0.25) is 4.79 Å². The Morgan fingerprint density at radius 2 is 1.05 bits per heavy atom. The number of allylic oxidation sites excluding steroid dienone is 1. The van der Waals surface area contributed by atoms with Gasteiger partial charge in [-0.1, -0.05) is 76.7 Å². The van der Waals surface area contributed by atoms with E-state index in [-0.39, 0.29) is 0 Å². The fourth-order valence-electron chi connectivity index (χ4n) is 2.51. The zero-order chi connectivity index (χ0) is 14.9. The number of unbranched alkanes of at least 4 members (excludes halogenated alkanes) is 13. The smallest absolute Gasteiger partial charge is 0.303 e. The molecule has 0 aliphatic carbocycles. The predicted molar refractivity (Wildman–Crippen MR) is 87.1 cm³/mol. The van der Waals surface area contributed by atoms with Gasteiger partial charge >= 0.3 is 5.97 Å². The molecule has 0 spiro atoms. The Morgan fingerprint density at radius 3 is 1.40 bits per heavy atom. The third-order valence-electron chi connectivity index (χ3n) is 3.80. The highest BCUT2D eigenvalue weighted by atomic mass is 16.4. The van der Waals surface area contributed by atoms with Gasteiger partial charge in [0.15, 0.2) is 0 Å². The van der Waals surface area contributed by atoms with Crippen LogP contribution in [0.1, 0.15) is 96.3 Å². The van der Waals surface area contributed by atoms with Crippen molar-refractivity contribution >= 4 is 5.97 Å². The molecule has 0 aromatic heterocycles. The summed E-state index contributed by atoms with van der Waals surface area (Å²) in [6.45, 7) is 3.74. The first-order valence-corrected chi connectivity index (χ1v) is 8.60. The van der Waals surface area contributed by atoms with Crippen molar-refractivity contribution in [2.24, 2.45) is 0 Å². The third kappa shape index (κ3) is 17.2. The largest absolute Gasteiger partial charge is 0.481 e. The van der Waals surface area contributed by atoms with Gasteiger partial charge in [-0.25, -0.2) is 0 Å². The van der Waals surface area contributed by atoms with E-state index in [4.69, 9.17) is 5.11 Å². The van der Waals surface area contributed by atoms with Crippen LogP contribution in [0, 0.1) is 0 Å². The molecule has 0 aromatic rings. The highest BCUT2D eigenvalue weighted by molar-refractivity contribution is 5.66. The molecule has 0 unspecified atom stereocenters. The van der Waals surface area contributed by atoms with E-state index in [1.54, 1.807) is 0 Å². The van der Waals surface area contributed by atoms with Crippen LogP contribution < -0.4 is 0 Å².